The van der Waals surface area contributed by atoms with Gasteiger partial charge < -0.3 is 4.74 Å². The smallest absolute Gasteiger partial charge is 0.261 e. The molecule has 112 valence electrons. The summed E-state index contributed by atoms with van der Waals surface area (Å²) in [4.78, 5) is 0.132. The van der Waals surface area contributed by atoms with E-state index >= 15 is 0 Å². The fourth-order valence-corrected chi connectivity index (χ4v) is 3.52. The highest BCUT2D eigenvalue weighted by atomic mass is 79.9. The fraction of sp³-hybridized carbons (Fsp3) is 0.143. The second kappa shape index (κ2) is 6.25. The van der Waals surface area contributed by atoms with Crippen LogP contribution < -0.4 is 9.46 Å². The van der Waals surface area contributed by atoms with Crippen LogP contribution >= 0.6 is 27.5 Å². The summed E-state index contributed by atoms with van der Waals surface area (Å²) >= 11 is 9.08. The Labute approximate surface area is 137 Å². The monoisotopic (exact) mass is 389 g/mol. The predicted octanol–water partition coefficient (Wildman–Crippen LogP) is 4.22. The summed E-state index contributed by atoms with van der Waals surface area (Å²) in [6, 6.07) is 9.51. The van der Waals surface area contributed by atoms with Crippen molar-refractivity contribution in [2.45, 2.75) is 11.8 Å². The molecule has 0 radical (unpaired) electrons. The molecule has 0 saturated heterocycles. The third-order valence-corrected chi connectivity index (χ3v) is 5.44. The number of hydrogen-bond acceptors (Lipinski definition) is 3. The minimum Gasteiger partial charge on any atom is -0.496 e. The van der Waals surface area contributed by atoms with Gasteiger partial charge in [-0.25, -0.2) is 8.42 Å². The maximum Gasteiger partial charge on any atom is 0.261 e. The van der Waals surface area contributed by atoms with Crippen LogP contribution in [0.1, 0.15) is 5.56 Å². The van der Waals surface area contributed by atoms with Gasteiger partial charge in [-0.15, -0.1) is 0 Å². The van der Waals surface area contributed by atoms with E-state index in [0.717, 1.165) is 5.56 Å². The van der Waals surface area contributed by atoms with E-state index in [1.807, 2.05) is 6.92 Å². The quantitative estimate of drug-likeness (QED) is 0.850. The van der Waals surface area contributed by atoms with Gasteiger partial charge in [-0.3, -0.25) is 4.72 Å². The van der Waals surface area contributed by atoms with E-state index in [0.29, 0.717) is 20.9 Å². The molecule has 1 N–H and O–H groups in total. The highest BCUT2D eigenvalue weighted by Gasteiger charge is 2.16. The number of anilines is 1. The third kappa shape index (κ3) is 3.70. The first-order chi connectivity index (χ1) is 9.83. The maximum absolute atomic E-state index is 12.3. The highest BCUT2D eigenvalue weighted by Crippen LogP contribution is 2.27. The lowest BCUT2D eigenvalue weighted by atomic mass is 10.2. The molecular weight excluding hydrogens is 378 g/mol. The molecule has 0 atom stereocenters. The summed E-state index contributed by atoms with van der Waals surface area (Å²) in [6.07, 6.45) is 0. The molecule has 0 spiro atoms. The molecule has 0 heterocycles. The number of aryl methyl sites for hydroxylation is 1. The zero-order valence-electron chi connectivity index (χ0n) is 11.4. The van der Waals surface area contributed by atoms with Crippen LogP contribution in [0.25, 0.3) is 0 Å². The van der Waals surface area contributed by atoms with Crippen molar-refractivity contribution < 1.29 is 13.2 Å². The van der Waals surface area contributed by atoms with Gasteiger partial charge in [0, 0.05) is 10.2 Å². The average molecular weight is 391 g/mol. The first-order valence-electron chi connectivity index (χ1n) is 5.96. The Hall–Kier alpha value is -1.24. The van der Waals surface area contributed by atoms with Crippen LogP contribution in [0.4, 0.5) is 5.69 Å². The number of sulfonamides is 1. The molecule has 0 unspecified atom stereocenters. The molecule has 2 rings (SSSR count). The van der Waals surface area contributed by atoms with E-state index in [1.54, 1.807) is 25.3 Å². The third-order valence-electron chi connectivity index (χ3n) is 2.85. The van der Waals surface area contributed by atoms with Gasteiger partial charge in [-0.05, 0) is 64.8 Å². The lowest BCUT2D eigenvalue weighted by Gasteiger charge is -2.11. The molecule has 0 aliphatic carbocycles. The topological polar surface area (TPSA) is 55.4 Å². The Morgan fingerprint density at radius 1 is 1.19 bits per heavy atom. The van der Waals surface area contributed by atoms with Crippen LogP contribution in [0.3, 0.4) is 0 Å². The molecule has 0 aromatic heterocycles. The number of rotatable bonds is 4. The Morgan fingerprint density at radius 3 is 2.48 bits per heavy atom. The van der Waals surface area contributed by atoms with Crippen molar-refractivity contribution in [2.24, 2.45) is 0 Å². The van der Waals surface area contributed by atoms with Crippen molar-refractivity contribution in [3.63, 3.8) is 0 Å². The number of ether oxygens (including phenoxy) is 1. The van der Waals surface area contributed by atoms with Gasteiger partial charge in [0.25, 0.3) is 10.0 Å². The molecule has 7 heteroatoms. The second-order valence-corrected chi connectivity index (χ2v) is 7.31. The van der Waals surface area contributed by atoms with Crippen LogP contribution in [-0.4, -0.2) is 15.5 Å². The molecule has 2 aromatic carbocycles. The van der Waals surface area contributed by atoms with E-state index < -0.39 is 10.0 Å². The summed E-state index contributed by atoms with van der Waals surface area (Å²) in [5.41, 5.74) is 1.31. The minimum atomic E-state index is -3.67. The molecule has 4 nitrogen and oxygen atoms in total. The van der Waals surface area contributed by atoms with E-state index in [1.165, 1.54) is 18.2 Å². The Kier molecular flexibility index (Phi) is 4.81. The molecule has 0 amide bonds. The Bertz CT molecular complexity index is 778. The van der Waals surface area contributed by atoms with Crippen LogP contribution in [0.5, 0.6) is 5.75 Å². The highest BCUT2D eigenvalue weighted by molar-refractivity contribution is 9.10. The predicted molar refractivity (Wildman–Crippen MR) is 87.7 cm³/mol. The zero-order valence-corrected chi connectivity index (χ0v) is 14.5. The van der Waals surface area contributed by atoms with Gasteiger partial charge >= 0.3 is 0 Å². The summed E-state index contributed by atoms with van der Waals surface area (Å²) in [7, 11) is -2.10. The largest absolute Gasteiger partial charge is 0.496 e. The Morgan fingerprint density at radius 2 is 1.90 bits per heavy atom. The van der Waals surface area contributed by atoms with Gasteiger partial charge in [-0.1, -0.05) is 11.6 Å². The van der Waals surface area contributed by atoms with Crippen molar-refractivity contribution in [3.8, 4) is 5.75 Å². The van der Waals surface area contributed by atoms with E-state index in [9.17, 15) is 8.42 Å². The van der Waals surface area contributed by atoms with Gasteiger partial charge in [0.15, 0.2) is 0 Å². The SMILES string of the molecule is COc1ccc(NS(=O)(=O)c2ccc(Cl)c(Br)c2)cc1C. The number of hydrogen-bond donors (Lipinski definition) is 1. The molecule has 0 bridgehead atoms. The first kappa shape index (κ1) is 16.1. The van der Waals surface area contributed by atoms with Crippen molar-refractivity contribution in [1.82, 2.24) is 0 Å². The summed E-state index contributed by atoms with van der Waals surface area (Å²) < 4.78 is 32.8. The number of halogens is 2. The van der Waals surface area contributed by atoms with Crippen molar-refractivity contribution in [1.29, 1.82) is 0 Å². The molecule has 0 fully saturated rings. The van der Waals surface area contributed by atoms with Gasteiger partial charge in [0.2, 0.25) is 0 Å². The van der Waals surface area contributed by atoms with E-state index in [2.05, 4.69) is 20.7 Å². The van der Waals surface area contributed by atoms with Crippen molar-refractivity contribution in [3.05, 3.63) is 51.5 Å². The molecule has 0 aliphatic rings. The first-order valence-corrected chi connectivity index (χ1v) is 8.61. The Balaban J connectivity index is 2.32. The molecule has 0 aliphatic heterocycles. The molecular formula is C14H13BrClNO3S. The van der Waals surface area contributed by atoms with E-state index in [-0.39, 0.29) is 4.90 Å². The second-order valence-electron chi connectivity index (χ2n) is 4.37. The standard InChI is InChI=1S/C14H13BrClNO3S/c1-9-7-10(3-6-14(9)20-2)17-21(18,19)11-4-5-13(16)12(15)8-11/h3-8,17H,1-2H3. The lowest BCUT2D eigenvalue weighted by Crippen LogP contribution is -2.13. The molecule has 0 saturated carbocycles. The number of methoxy groups -OCH3 is 1. The number of benzene rings is 2. The zero-order chi connectivity index (χ0) is 15.6. The fourth-order valence-electron chi connectivity index (χ4n) is 1.80. The van der Waals surface area contributed by atoms with Crippen LogP contribution in [-0.2, 0) is 10.0 Å². The van der Waals surface area contributed by atoms with Crippen LogP contribution in [0.2, 0.25) is 5.02 Å². The number of nitrogens with one attached hydrogen (secondary N) is 1. The van der Waals surface area contributed by atoms with Crippen molar-refractivity contribution >= 4 is 43.2 Å². The van der Waals surface area contributed by atoms with E-state index in [4.69, 9.17) is 16.3 Å². The molecule has 2 aromatic rings. The average Bonchev–Trinajstić information content (AvgIpc) is 2.41. The summed E-state index contributed by atoms with van der Waals surface area (Å²) in [6.45, 7) is 1.84. The minimum absolute atomic E-state index is 0.132. The van der Waals surface area contributed by atoms with Gasteiger partial charge in [0.1, 0.15) is 5.75 Å². The van der Waals surface area contributed by atoms with Crippen molar-refractivity contribution in [2.75, 3.05) is 11.8 Å². The summed E-state index contributed by atoms with van der Waals surface area (Å²) in [5.74, 6) is 0.701. The normalized spacial score (nSPS) is 11.2. The molecule has 21 heavy (non-hydrogen) atoms. The lowest BCUT2D eigenvalue weighted by molar-refractivity contribution is 0.412. The van der Waals surface area contributed by atoms with Crippen LogP contribution in [0.15, 0.2) is 45.8 Å². The van der Waals surface area contributed by atoms with Crippen LogP contribution in [0, 0.1) is 6.92 Å². The maximum atomic E-state index is 12.3. The van der Waals surface area contributed by atoms with Gasteiger partial charge in [-0.2, -0.15) is 0 Å². The summed E-state index contributed by atoms with van der Waals surface area (Å²) in [5, 5.41) is 0.453. The van der Waals surface area contributed by atoms with Gasteiger partial charge in [0.05, 0.1) is 17.0 Å².